The molecule has 1 fully saturated rings. The van der Waals surface area contributed by atoms with Crippen molar-refractivity contribution in [2.75, 3.05) is 13.1 Å². The van der Waals surface area contributed by atoms with Crippen molar-refractivity contribution < 1.29 is 9.90 Å². The van der Waals surface area contributed by atoms with Crippen LogP contribution >= 0.6 is 0 Å². The quantitative estimate of drug-likeness (QED) is 0.719. The molecule has 0 aromatic heterocycles. The molecule has 1 amide bonds. The van der Waals surface area contributed by atoms with Gasteiger partial charge in [0.15, 0.2) is 0 Å². The summed E-state index contributed by atoms with van der Waals surface area (Å²) in [6, 6.07) is 0. The van der Waals surface area contributed by atoms with E-state index in [0.717, 1.165) is 13.0 Å². The van der Waals surface area contributed by atoms with Crippen molar-refractivity contribution in [2.24, 2.45) is 11.3 Å². The first kappa shape index (κ1) is 12.5. The average molecular weight is 213 g/mol. The molecule has 88 valence electrons. The van der Waals surface area contributed by atoms with Gasteiger partial charge >= 0.3 is 0 Å². The molecular formula is C12H23NO2. The second kappa shape index (κ2) is 3.78. The topological polar surface area (TPSA) is 40.5 Å². The number of likely N-dealkylation sites (tertiary alicyclic amines) is 1. The lowest BCUT2D eigenvalue weighted by molar-refractivity contribution is -0.138. The predicted molar refractivity (Wildman–Crippen MR) is 60.4 cm³/mol. The lowest BCUT2D eigenvalue weighted by atomic mass is 9.90. The van der Waals surface area contributed by atoms with E-state index >= 15 is 0 Å². The summed E-state index contributed by atoms with van der Waals surface area (Å²) in [5.74, 6) is 0.401. The van der Waals surface area contributed by atoms with Crippen molar-refractivity contribution in [3.63, 3.8) is 0 Å². The van der Waals surface area contributed by atoms with Crippen LogP contribution in [0.15, 0.2) is 0 Å². The summed E-state index contributed by atoms with van der Waals surface area (Å²) < 4.78 is 0. The van der Waals surface area contributed by atoms with E-state index in [1.165, 1.54) is 0 Å². The number of carbonyl (C=O) groups excluding carboxylic acids is 1. The maximum atomic E-state index is 12.0. The van der Waals surface area contributed by atoms with Crippen LogP contribution in [0.5, 0.6) is 0 Å². The first-order valence-corrected chi connectivity index (χ1v) is 5.64. The molecule has 1 saturated heterocycles. The van der Waals surface area contributed by atoms with Gasteiger partial charge in [0.05, 0.1) is 5.60 Å². The van der Waals surface area contributed by atoms with Gasteiger partial charge in [0.25, 0.3) is 0 Å². The van der Waals surface area contributed by atoms with Crippen molar-refractivity contribution in [2.45, 2.75) is 46.6 Å². The fraction of sp³-hybridized carbons (Fsp3) is 0.917. The average Bonchev–Trinajstić information content (AvgIpc) is 2.47. The fourth-order valence-corrected chi connectivity index (χ4v) is 2.00. The Kier molecular flexibility index (Phi) is 3.15. The highest BCUT2D eigenvalue weighted by molar-refractivity contribution is 5.81. The standard InChI is InChI=1S/C12H23NO2/c1-11(2,3)10(14)13-7-6-9(8-13)12(4,5)15/h9,15H,6-8H2,1-5H3. The molecule has 0 spiro atoms. The summed E-state index contributed by atoms with van der Waals surface area (Å²) in [4.78, 5) is 13.9. The monoisotopic (exact) mass is 213 g/mol. The van der Waals surface area contributed by atoms with Gasteiger partial charge in [0.1, 0.15) is 0 Å². The number of carbonyl (C=O) groups is 1. The van der Waals surface area contributed by atoms with E-state index in [2.05, 4.69) is 0 Å². The third-order valence-electron chi connectivity index (χ3n) is 3.12. The van der Waals surface area contributed by atoms with Crippen molar-refractivity contribution >= 4 is 5.91 Å². The minimum atomic E-state index is -0.674. The van der Waals surface area contributed by atoms with Crippen LogP contribution in [0.3, 0.4) is 0 Å². The van der Waals surface area contributed by atoms with Crippen LogP contribution in [0.2, 0.25) is 0 Å². The Morgan fingerprint density at radius 3 is 2.13 bits per heavy atom. The van der Waals surface area contributed by atoms with E-state index in [4.69, 9.17) is 0 Å². The second-order valence-electron chi connectivity index (χ2n) is 6.14. The van der Waals surface area contributed by atoms with E-state index in [1.807, 2.05) is 39.5 Å². The lowest BCUT2D eigenvalue weighted by Crippen LogP contribution is -2.40. The number of hydrogen-bond donors (Lipinski definition) is 1. The Balaban J connectivity index is 2.62. The van der Waals surface area contributed by atoms with E-state index in [1.54, 1.807) is 0 Å². The third-order valence-corrected chi connectivity index (χ3v) is 3.12. The molecule has 0 aliphatic carbocycles. The Bertz CT molecular complexity index is 247. The van der Waals surface area contributed by atoms with E-state index < -0.39 is 5.60 Å². The highest BCUT2D eigenvalue weighted by Gasteiger charge is 2.38. The van der Waals surface area contributed by atoms with Gasteiger partial charge in [0.2, 0.25) is 5.91 Å². The van der Waals surface area contributed by atoms with Crippen molar-refractivity contribution in [3.8, 4) is 0 Å². The van der Waals surface area contributed by atoms with Crippen LogP contribution < -0.4 is 0 Å². The number of amides is 1. The van der Waals surface area contributed by atoms with Crippen LogP contribution in [-0.2, 0) is 4.79 Å². The Morgan fingerprint density at radius 2 is 1.80 bits per heavy atom. The first-order valence-electron chi connectivity index (χ1n) is 5.64. The summed E-state index contributed by atoms with van der Waals surface area (Å²) in [6.07, 6.45) is 0.908. The predicted octanol–water partition coefficient (Wildman–Crippen LogP) is 1.65. The van der Waals surface area contributed by atoms with E-state index in [9.17, 15) is 9.90 Å². The van der Waals surface area contributed by atoms with Crippen LogP contribution in [0, 0.1) is 11.3 Å². The molecule has 1 unspecified atom stereocenters. The molecule has 3 heteroatoms. The normalized spacial score (nSPS) is 23.3. The Labute approximate surface area is 92.5 Å². The van der Waals surface area contributed by atoms with E-state index in [0.29, 0.717) is 6.54 Å². The molecule has 0 radical (unpaired) electrons. The number of rotatable bonds is 1. The van der Waals surface area contributed by atoms with Gasteiger partial charge in [0, 0.05) is 24.4 Å². The highest BCUT2D eigenvalue weighted by Crippen LogP contribution is 2.29. The molecule has 0 bridgehead atoms. The summed E-state index contributed by atoms with van der Waals surface area (Å²) in [5, 5.41) is 9.88. The van der Waals surface area contributed by atoms with Gasteiger partial charge in [-0.3, -0.25) is 4.79 Å². The highest BCUT2D eigenvalue weighted by atomic mass is 16.3. The summed E-state index contributed by atoms with van der Waals surface area (Å²) in [7, 11) is 0. The van der Waals surface area contributed by atoms with Gasteiger partial charge in [-0.05, 0) is 20.3 Å². The minimum absolute atomic E-state index is 0.189. The molecule has 1 atom stereocenters. The molecule has 1 rings (SSSR count). The summed E-state index contributed by atoms with van der Waals surface area (Å²) in [5.41, 5.74) is -0.985. The SMILES string of the molecule is CC(C)(C)C(=O)N1CCC(C(C)(C)O)C1. The third kappa shape index (κ3) is 2.94. The van der Waals surface area contributed by atoms with Crippen molar-refractivity contribution in [3.05, 3.63) is 0 Å². The number of aliphatic hydroxyl groups is 1. The maximum Gasteiger partial charge on any atom is 0.227 e. The molecule has 3 nitrogen and oxygen atoms in total. The zero-order valence-electron chi connectivity index (χ0n) is 10.5. The zero-order valence-corrected chi connectivity index (χ0v) is 10.5. The maximum absolute atomic E-state index is 12.0. The number of nitrogens with zero attached hydrogens (tertiary/aromatic N) is 1. The smallest absolute Gasteiger partial charge is 0.227 e. The second-order valence-corrected chi connectivity index (χ2v) is 6.14. The Hall–Kier alpha value is -0.570. The van der Waals surface area contributed by atoms with Crippen molar-refractivity contribution in [1.82, 2.24) is 4.90 Å². The molecule has 1 aliphatic heterocycles. The van der Waals surface area contributed by atoms with Crippen LogP contribution in [0.1, 0.15) is 41.0 Å². The number of hydrogen-bond acceptors (Lipinski definition) is 2. The molecule has 15 heavy (non-hydrogen) atoms. The van der Waals surface area contributed by atoms with Crippen LogP contribution in [0.25, 0.3) is 0 Å². The molecule has 0 saturated carbocycles. The first-order chi connectivity index (χ1) is 6.62. The molecule has 1 aliphatic rings. The van der Waals surface area contributed by atoms with Gasteiger partial charge in [-0.25, -0.2) is 0 Å². The fourth-order valence-electron chi connectivity index (χ4n) is 2.00. The summed E-state index contributed by atoms with van der Waals surface area (Å²) in [6.45, 7) is 10.9. The molecule has 1 heterocycles. The molecular weight excluding hydrogens is 190 g/mol. The van der Waals surface area contributed by atoms with E-state index in [-0.39, 0.29) is 17.2 Å². The lowest BCUT2D eigenvalue weighted by Gasteiger charge is -2.28. The van der Waals surface area contributed by atoms with Crippen molar-refractivity contribution in [1.29, 1.82) is 0 Å². The Morgan fingerprint density at radius 1 is 1.27 bits per heavy atom. The van der Waals surface area contributed by atoms with Gasteiger partial charge < -0.3 is 10.0 Å². The molecule has 1 N–H and O–H groups in total. The van der Waals surface area contributed by atoms with Crippen LogP contribution in [0.4, 0.5) is 0 Å². The van der Waals surface area contributed by atoms with Gasteiger partial charge in [-0.15, -0.1) is 0 Å². The van der Waals surface area contributed by atoms with Gasteiger partial charge in [-0.2, -0.15) is 0 Å². The van der Waals surface area contributed by atoms with Gasteiger partial charge in [-0.1, -0.05) is 20.8 Å². The molecule has 0 aromatic rings. The largest absolute Gasteiger partial charge is 0.390 e. The molecule has 0 aromatic carbocycles. The zero-order chi connectivity index (χ0) is 11.9. The minimum Gasteiger partial charge on any atom is -0.390 e. The summed E-state index contributed by atoms with van der Waals surface area (Å²) >= 11 is 0. The van der Waals surface area contributed by atoms with Crippen LogP contribution in [-0.4, -0.2) is 34.6 Å².